The molecule has 15 nitrogen and oxygen atoms in total. The maximum atomic E-state index is 13.2. The lowest BCUT2D eigenvalue weighted by Gasteiger charge is -2.27. The fourth-order valence-corrected chi connectivity index (χ4v) is 3.52. The number of amides is 2. The van der Waals surface area contributed by atoms with Crippen molar-refractivity contribution >= 4 is 23.4 Å². The van der Waals surface area contributed by atoms with Crippen LogP contribution in [0.15, 0.2) is 0 Å². The predicted octanol–water partition coefficient (Wildman–Crippen LogP) is -3.89. The molecule has 15 heteroatoms. The van der Waals surface area contributed by atoms with Crippen molar-refractivity contribution in [1.82, 2.24) is 32.1 Å². The monoisotopic (exact) mass is 545 g/mol. The third-order valence-electron chi connectivity index (χ3n) is 5.69. The number of ketones is 2. The summed E-state index contributed by atoms with van der Waals surface area (Å²) in [5.74, 6) is -2.16. The minimum absolute atomic E-state index is 0.211. The lowest BCUT2D eigenvalue weighted by Crippen LogP contribution is -2.60. The first kappa shape index (κ1) is 35.9. The molecular formula is C23H51N11O4. The van der Waals surface area contributed by atoms with Crippen molar-refractivity contribution in [1.29, 1.82) is 0 Å². The minimum atomic E-state index is -0.856. The van der Waals surface area contributed by atoms with Crippen molar-refractivity contribution < 1.29 is 19.2 Å². The van der Waals surface area contributed by atoms with Crippen molar-refractivity contribution in [3.8, 4) is 0 Å². The third-order valence-corrected chi connectivity index (χ3v) is 5.69. The van der Waals surface area contributed by atoms with Crippen LogP contribution in [0.1, 0.15) is 59.3 Å². The van der Waals surface area contributed by atoms with E-state index in [9.17, 15) is 19.2 Å². The molecule has 3 atom stereocenters. The van der Waals surface area contributed by atoms with E-state index in [0.717, 1.165) is 12.8 Å². The number of hydrogen-bond acceptors (Lipinski definition) is 13. The van der Waals surface area contributed by atoms with Gasteiger partial charge in [-0.3, -0.25) is 29.8 Å². The van der Waals surface area contributed by atoms with Crippen LogP contribution >= 0.6 is 0 Å². The summed E-state index contributed by atoms with van der Waals surface area (Å²) < 4.78 is 0. The molecule has 0 bridgehead atoms. The molecule has 0 spiro atoms. The first-order valence-electron chi connectivity index (χ1n) is 13.2. The van der Waals surface area contributed by atoms with Crippen LogP contribution in [0.5, 0.6) is 0 Å². The van der Waals surface area contributed by atoms with Crippen LogP contribution in [-0.4, -0.2) is 80.3 Å². The second kappa shape index (κ2) is 20.8. The quantitative estimate of drug-likeness (QED) is 0.0254. The largest absolute Gasteiger partial charge is 0.354 e. The summed E-state index contributed by atoms with van der Waals surface area (Å²) in [5, 5.41) is 11.3. The van der Waals surface area contributed by atoms with Gasteiger partial charge >= 0.3 is 0 Å². The summed E-state index contributed by atoms with van der Waals surface area (Å²) in [5.41, 5.74) is 33.2. The van der Waals surface area contributed by atoms with Crippen LogP contribution in [0.25, 0.3) is 0 Å². The van der Waals surface area contributed by atoms with Crippen molar-refractivity contribution in [2.75, 3.05) is 26.2 Å². The van der Waals surface area contributed by atoms with E-state index >= 15 is 0 Å². The Hall–Kier alpha value is -2.08. The highest BCUT2D eigenvalue weighted by Crippen LogP contribution is 2.06. The van der Waals surface area contributed by atoms with E-state index in [0.29, 0.717) is 51.9 Å². The number of nitrogens with two attached hydrogens (primary N) is 5. The zero-order valence-corrected chi connectivity index (χ0v) is 23.1. The van der Waals surface area contributed by atoms with Crippen molar-refractivity contribution in [3.63, 3.8) is 0 Å². The van der Waals surface area contributed by atoms with Crippen LogP contribution in [0.2, 0.25) is 0 Å². The molecule has 0 unspecified atom stereocenters. The van der Waals surface area contributed by atoms with E-state index in [-0.39, 0.29) is 11.8 Å². The van der Waals surface area contributed by atoms with Gasteiger partial charge in [0.15, 0.2) is 5.78 Å². The Morgan fingerprint density at radius 3 is 1.74 bits per heavy atom. The molecule has 16 N–H and O–H groups in total. The van der Waals surface area contributed by atoms with E-state index < -0.39 is 48.2 Å². The molecule has 0 aromatic heterocycles. The minimum Gasteiger partial charge on any atom is -0.354 e. The molecule has 0 aromatic carbocycles. The lowest BCUT2D eigenvalue weighted by molar-refractivity contribution is -0.137. The molecule has 222 valence electrons. The molecule has 0 aliphatic rings. The molecule has 0 aliphatic carbocycles. The summed E-state index contributed by atoms with van der Waals surface area (Å²) in [6.45, 7) is 6.72. The molecule has 0 aromatic rings. The van der Waals surface area contributed by atoms with Gasteiger partial charge in [-0.1, -0.05) is 13.8 Å². The average Bonchev–Trinajstić information content (AvgIpc) is 2.83. The topological polar surface area (TPSA) is 271 Å². The van der Waals surface area contributed by atoms with Gasteiger partial charge in [0.1, 0.15) is 24.7 Å². The molecule has 0 saturated heterocycles. The molecule has 0 saturated carbocycles. The van der Waals surface area contributed by atoms with Crippen LogP contribution in [0.4, 0.5) is 0 Å². The predicted molar refractivity (Wildman–Crippen MR) is 146 cm³/mol. The van der Waals surface area contributed by atoms with Gasteiger partial charge in [-0.2, -0.15) is 0 Å². The molecule has 0 heterocycles. The van der Waals surface area contributed by atoms with Crippen molar-refractivity contribution in [2.45, 2.75) is 90.0 Å². The van der Waals surface area contributed by atoms with Crippen LogP contribution in [-0.2, 0) is 19.2 Å². The molecule has 38 heavy (non-hydrogen) atoms. The molecule has 0 fully saturated rings. The number of nitrogens with one attached hydrogen (secondary N) is 6. The van der Waals surface area contributed by atoms with Gasteiger partial charge in [-0.25, -0.2) is 10.9 Å². The number of carbonyl (C=O) groups is 4. The SMILES string of the molecule is CC(=O)C(=O)[C@H](CCCNC(N)N)NN[C@H](C(=O)N[C@@H](CCCNC(N)N)C(=O)NCCCCN)C(C)C. The number of Topliss-reactive ketones (excluding diaryl/α,β-unsaturated/α-hetero) is 2. The fraction of sp³-hybridized carbons (Fsp3) is 0.826. The Balaban J connectivity index is 5.28. The third kappa shape index (κ3) is 16.7. The van der Waals surface area contributed by atoms with Gasteiger partial charge in [-0.15, -0.1) is 0 Å². The Bertz CT molecular complexity index is 707. The highest BCUT2D eigenvalue weighted by atomic mass is 16.2. The zero-order chi connectivity index (χ0) is 29.1. The molecular weight excluding hydrogens is 494 g/mol. The first-order chi connectivity index (χ1) is 17.9. The van der Waals surface area contributed by atoms with Gasteiger partial charge < -0.3 is 39.3 Å². The fourth-order valence-electron chi connectivity index (χ4n) is 3.52. The van der Waals surface area contributed by atoms with Crippen LogP contribution in [0, 0.1) is 5.92 Å². The molecule has 2 amide bonds. The zero-order valence-electron chi connectivity index (χ0n) is 23.1. The molecule has 0 radical (unpaired) electrons. The Morgan fingerprint density at radius 1 is 0.711 bits per heavy atom. The highest BCUT2D eigenvalue weighted by Gasteiger charge is 2.29. The number of rotatable bonds is 23. The number of hydrazine groups is 1. The second-order valence-electron chi connectivity index (χ2n) is 9.58. The van der Waals surface area contributed by atoms with Crippen LogP contribution < -0.4 is 60.8 Å². The summed E-state index contributed by atoms with van der Waals surface area (Å²) in [4.78, 5) is 50.2. The number of hydrogen-bond donors (Lipinski definition) is 11. The van der Waals surface area contributed by atoms with Gasteiger partial charge in [0, 0.05) is 13.5 Å². The van der Waals surface area contributed by atoms with Gasteiger partial charge in [0.2, 0.25) is 17.6 Å². The lowest BCUT2D eigenvalue weighted by atomic mass is 10.0. The average molecular weight is 546 g/mol. The van der Waals surface area contributed by atoms with E-state index in [1.807, 2.05) is 13.8 Å². The Morgan fingerprint density at radius 2 is 1.26 bits per heavy atom. The molecule has 0 aliphatic heterocycles. The first-order valence-corrected chi connectivity index (χ1v) is 13.2. The smallest absolute Gasteiger partial charge is 0.242 e. The van der Waals surface area contributed by atoms with E-state index in [1.54, 1.807) is 0 Å². The van der Waals surface area contributed by atoms with Gasteiger partial charge in [0.05, 0.1) is 6.04 Å². The van der Waals surface area contributed by atoms with Crippen molar-refractivity contribution in [2.24, 2.45) is 34.6 Å². The van der Waals surface area contributed by atoms with E-state index in [4.69, 9.17) is 28.7 Å². The van der Waals surface area contributed by atoms with E-state index in [1.165, 1.54) is 6.92 Å². The summed E-state index contributed by atoms with van der Waals surface area (Å²) in [7, 11) is 0. The summed E-state index contributed by atoms with van der Waals surface area (Å²) in [6.07, 6.45) is 1.85. The summed E-state index contributed by atoms with van der Waals surface area (Å²) >= 11 is 0. The number of carbonyl (C=O) groups excluding carboxylic acids is 4. The van der Waals surface area contributed by atoms with Gasteiger partial charge in [0.25, 0.3) is 0 Å². The second-order valence-corrected chi connectivity index (χ2v) is 9.58. The highest BCUT2D eigenvalue weighted by molar-refractivity contribution is 6.38. The molecule has 0 rings (SSSR count). The van der Waals surface area contributed by atoms with Crippen molar-refractivity contribution in [3.05, 3.63) is 0 Å². The van der Waals surface area contributed by atoms with Crippen LogP contribution in [0.3, 0.4) is 0 Å². The Kier molecular flexibility index (Phi) is 19.7. The maximum absolute atomic E-state index is 13.2. The normalized spacial score (nSPS) is 14.0. The van der Waals surface area contributed by atoms with E-state index in [2.05, 4.69) is 32.1 Å². The standard InChI is InChI=1S/C23H51N11O4/c1-14(2)18(34-33-16(19(36)15(3)35)8-6-12-30-22(25)26)21(38)32-17(9-7-13-31-23(27)28)20(37)29-11-5-4-10-24/h14,16-18,22-23,30-31,33-34H,4-13,24-28H2,1-3H3,(H,29,37)(H,32,38)/t16-,17-,18-/m0/s1. The maximum Gasteiger partial charge on any atom is 0.242 e. The number of unbranched alkanes of at least 4 members (excludes halogenated alkanes) is 1. The van der Waals surface area contributed by atoms with Gasteiger partial charge in [-0.05, 0) is 64.1 Å². The Labute approximate surface area is 225 Å². The summed E-state index contributed by atoms with van der Waals surface area (Å²) in [6, 6.07) is -2.44.